The van der Waals surface area contributed by atoms with E-state index in [1.807, 2.05) is 31.3 Å². The summed E-state index contributed by atoms with van der Waals surface area (Å²) < 4.78 is 11.6. The molecule has 0 aliphatic rings. The SMILES string of the molecule is COc1ccc(CNC(=O)C[NH+](C)Cc2ccc(Br)s2)cc1OC. The van der Waals surface area contributed by atoms with Crippen LogP contribution in [0.25, 0.3) is 0 Å². The molecule has 1 unspecified atom stereocenters. The summed E-state index contributed by atoms with van der Waals surface area (Å²) >= 11 is 5.16. The van der Waals surface area contributed by atoms with Gasteiger partial charge in [0.1, 0.15) is 6.54 Å². The third-order valence-electron chi connectivity index (χ3n) is 3.50. The maximum atomic E-state index is 12.1. The van der Waals surface area contributed by atoms with Crippen molar-refractivity contribution in [2.75, 3.05) is 27.8 Å². The molecule has 0 aliphatic carbocycles. The zero-order valence-electron chi connectivity index (χ0n) is 14.0. The van der Waals surface area contributed by atoms with E-state index < -0.39 is 0 Å². The number of carbonyl (C=O) groups excluding carboxylic acids is 1. The van der Waals surface area contributed by atoms with Gasteiger partial charge in [-0.3, -0.25) is 4.79 Å². The molecule has 5 nitrogen and oxygen atoms in total. The summed E-state index contributed by atoms with van der Waals surface area (Å²) in [5, 5.41) is 2.95. The van der Waals surface area contributed by atoms with Gasteiger partial charge >= 0.3 is 0 Å². The van der Waals surface area contributed by atoms with E-state index in [4.69, 9.17) is 9.47 Å². The highest BCUT2D eigenvalue weighted by Crippen LogP contribution is 2.27. The van der Waals surface area contributed by atoms with Crippen LogP contribution in [0.2, 0.25) is 0 Å². The highest BCUT2D eigenvalue weighted by Gasteiger charge is 2.12. The van der Waals surface area contributed by atoms with E-state index in [0.717, 1.165) is 20.8 Å². The molecule has 0 aliphatic heterocycles. The number of thiophene rings is 1. The fourth-order valence-electron chi connectivity index (χ4n) is 2.33. The van der Waals surface area contributed by atoms with Gasteiger partial charge in [-0.25, -0.2) is 0 Å². The highest BCUT2D eigenvalue weighted by molar-refractivity contribution is 9.11. The van der Waals surface area contributed by atoms with Crippen molar-refractivity contribution in [2.45, 2.75) is 13.1 Å². The van der Waals surface area contributed by atoms with Gasteiger partial charge in [-0.15, -0.1) is 11.3 Å². The van der Waals surface area contributed by atoms with E-state index in [9.17, 15) is 4.79 Å². The van der Waals surface area contributed by atoms with E-state index in [1.165, 1.54) is 4.88 Å². The molecule has 2 N–H and O–H groups in total. The van der Waals surface area contributed by atoms with Crippen molar-refractivity contribution in [3.05, 3.63) is 44.6 Å². The van der Waals surface area contributed by atoms with Gasteiger partial charge in [0, 0.05) is 6.54 Å². The van der Waals surface area contributed by atoms with Gasteiger partial charge in [0.25, 0.3) is 5.91 Å². The minimum absolute atomic E-state index is 0.0258. The summed E-state index contributed by atoms with van der Waals surface area (Å²) in [5.74, 6) is 1.37. The van der Waals surface area contributed by atoms with Crippen LogP contribution in [-0.2, 0) is 17.9 Å². The van der Waals surface area contributed by atoms with Crippen molar-refractivity contribution in [1.82, 2.24) is 5.32 Å². The Bertz CT molecular complexity index is 690. The maximum absolute atomic E-state index is 12.1. The summed E-state index contributed by atoms with van der Waals surface area (Å²) in [6, 6.07) is 9.75. The lowest BCUT2D eigenvalue weighted by Gasteiger charge is -2.13. The van der Waals surface area contributed by atoms with Crippen molar-refractivity contribution in [3.8, 4) is 11.5 Å². The van der Waals surface area contributed by atoms with E-state index in [-0.39, 0.29) is 5.91 Å². The van der Waals surface area contributed by atoms with Crippen LogP contribution < -0.4 is 19.7 Å². The van der Waals surface area contributed by atoms with Gasteiger partial charge in [0.05, 0.1) is 29.9 Å². The fourth-order valence-corrected chi connectivity index (χ4v) is 3.93. The van der Waals surface area contributed by atoms with E-state index in [1.54, 1.807) is 25.6 Å². The van der Waals surface area contributed by atoms with Gasteiger partial charge in [-0.1, -0.05) is 6.07 Å². The van der Waals surface area contributed by atoms with E-state index in [2.05, 4.69) is 27.3 Å². The smallest absolute Gasteiger partial charge is 0.275 e. The highest BCUT2D eigenvalue weighted by atomic mass is 79.9. The molecule has 0 saturated heterocycles. The van der Waals surface area contributed by atoms with Crippen molar-refractivity contribution in [3.63, 3.8) is 0 Å². The Balaban J connectivity index is 1.82. The predicted octanol–water partition coefficient (Wildman–Crippen LogP) is 1.86. The van der Waals surface area contributed by atoms with Gasteiger partial charge in [-0.2, -0.15) is 0 Å². The maximum Gasteiger partial charge on any atom is 0.275 e. The molecule has 2 rings (SSSR count). The molecule has 24 heavy (non-hydrogen) atoms. The summed E-state index contributed by atoms with van der Waals surface area (Å²) in [5.41, 5.74) is 0.973. The molecule has 1 aromatic heterocycles. The first-order valence-electron chi connectivity index (χ1n) is 7.55. The summed E-state index contributed by atoms with van der Waals surface area (Å²) in [6.45, 7) is 1.74. The van der Waals surface area contributed by atoms with Crippen molar-refractivity contribution >= 4 is 33.2 Å². The largest absolute Gasteiger partial charge is 0.493 e. The van der Waals surface area contributed by atoms with Crippen molar-refractivity contribution < 1.29 is 19.2 Å². The quantitative estimate of drug-likeness (QED) is 0.694. The van der Waals surface area contributed by atoms with E-state index in [0.29, 0.717) is 24.6 Å². The fraction of sp³-hybridized carbons (Fsp3) is 0.353. The Kier molecular flexibility index (Phi) is 7.08. The number of carbonyl (C=O) groups is 1. The Morgan fingerprint density at radius 3 is 2.58 bits per heavy atom. The Morgan fingerprint density at radius 1 is 1.21 bits per heavy atom. The van der Waals surface area contributed by atoms with E-state index >= 15 is 0 Å². The number of benzene rings is 1. The van der Waals surface area contributed by atoms with Crippen LogP contribution in [0, 0.1) is 0 Å². The summed E-state index contributed by atoms with van der Waals surface area (Å²) in [7, 11) is 5.22. The van der Waals surface area contributed by atoms with Crippen LogP contribution in [0.5, 0.6) is 11.5 Å². The number of halogens is 1. The van der Waals surface area contributed by atoms with Gasteiger partial charge in [0.2, 0.25) is 0 Å². The molecule has 0 fully saturated rings. The first kappa shape index (κ1) is 18.8. The zero-order chi connectivity index (χ0) is 17.5. The lowest BCUT2D eigenvalue weighted by Crippen LogP contribution is -3.08. The molecule has 0 bridgehead atoms. The number of rotatable bonds is 8. The monoisotopic (exact) mass is 413 g/mol. The minimum atomic E-state index is 0.0258. The van der Waals surface area contributed by atoms with Gasteiger partial charge in [0.15, 0.2) is 18.0 Å². The third kappa shape index (κ3) is 5.51. The lowest BCUT2D eigenvalue weighted by atomic mass is 10.2. The second-order valence-corrected chi connectivity index (χ2v) is 8.03. The van der Waals surface area contributed by atoms with Crippen molar-refractivity contribution in [2.24, 2.45) is 0 Å². The molecule has 0 radical (unpaired) electrons. The molecule has 0 spiro atoms. The van der Waals surface area contributed by atoms with Crippen LogP contribution in [0.1, 0.15) is 10.4 Å². The number of amides is 1. The summed E-state index contributed by atoms with van der Waals surface area (Å²) in [6.07, 6.45) is 0. The topological polar surface area (TPSA) is 52.0 Å². The molecule has 1 heterocycles. The average molecular weight is 414 g/mol. The first-order chi connectivity index (χ1) is 11.5. The molecular weight excluding hydrogens is 392 g/mol. The molecular formula is C17H22BrN2O3S+. The van der Waals surface area contributed by atoms with Gasteiger partial charge in [-0.05, 0) is 45.8 Å². The number of likely N-dealkylation sites (N-methyl/N-ethyl adjacent to an activating group) is 1. The number of ether oxygens (including phenoxy) is 2. The first-order valence-corrected chi connectivity index (χ1v) is 9.16. The minimum Gasteiger partial charge on any atom is -0.493 e. The number of hydrogen-bond donors (Lipinski definition) is 2. The molecule has 130 valence electrons. The number of quaternary nitrogens is 1. The van der Waals surface area contributed by atoms with Crippen LogP contribution in [0.3, 0.4) is 0 Å². The van der Waals surface area contributed by atoms with Crippen LogP contribution in [0.15, 0.2) is 34.1 Å². The molecule has 1 atom stereocenters. The lowest BCUT2D eigenvalue weighted by molar-refractivity contribution is -0.885. The van der Waals surface area contributed by atoms with Crippen LogP contribution >= 0.6 is 27.3 Å². The number of nitrogens with one attached hydrogen (secondary N) is 2. The molecule has 1 amide bonds. The number of methoxy groups -OCH3 is 2. The number of hydrogen-bond acceptors (Lipinski definition) is 4. The summed E-state index contributed by atoms with van der Waals surface area (Å²) in [4.78, 5) is 14.5. The van der Waals surface area contributed by atoms with Crippen molar-refractivity contribution in [1.29, 1.82) is 0 Å². The zero-order valence-corrected chi connectivity index (χ0v) is 16.4. The van der Waals surface area contributed by atoms with Crippen LogP contribution in [-0.4, -0.2) is 33.7 Å². The Hall–Kier alpha value is -1.57. The normalized spacial score (nSPS) is 11.8. The second-order valence-electron chi connectivity index (χ2n) is 5.48. The van der Waals surface area contributed by atoms with Gasteiger partial charge < -0.3 is 19.7 Å². The average Bonchev–Trinajstić information content (AvgIpc) is 2.97. The van der Waals surface area contributed by atoms with Crippen LogP contribution in [0.4, 0.5) is 0 Å². The third-order valence-corrected chi connectivity index (χ3v) is 5.13. The second kappa shape index (κ2) is 9.05. The predicted molar refractivity (Wildman–Crippen MR) is 98.9 cm³/mol. The molecule has 1 aromatic carbocycles. The molecule has 2 aromatic rings. The Morgan fingerprint density at radius 2 is 1.96 bits per heavy atom. The standard InChI is InChI=1S/C17H21BrN2O3S/c1-20(10-13-5-7-16(18)24-13)11-17(21)19-9-12-4-6-14(22-2)15(8-12)23-3/h4-8H,9-11H2,1-3H3,(H,19,21)/p+1. The molecule has 0 saturated carbocycles. The molecule has 7 heteroatoms. The Labute approximate surface area is 154 Å².